The summed E-state index contributed by atoms with van der Waals surface area (Å²) in [7, 11) is -1.26. The highest BCUT2D eigenvalue weighted by Gasteiger charge is 2.24. The summed E-state index contributed by atoms with van der Waals surface area (Å²) in [5.74, 6) is -1.38. The largest absolute Gasteiger partial charge is 0.477 e. The molecule has 7 heteroatoms. The number of benzene rings is 1. The van der Waals surface area contributed by atoms with Crippen LogP contribution in [0.3, 0.4) is 0 Å². The maximum atomic E-state index is 11.7. The molecule has 6 nitrogen and oxygen atoms in total. The van der Waals surface area contributed by atoms with Crippen molar-refractivity contribution in [1.29, 1.82) is 0 Å². The van der Waals surface area contributed by atoms with E-state index in [1.807, 2.05) is 0 Å². The van der Waals surface area contributed by atoms with E-state index >= 15 is 0 Å². The predicted molar refractivity (Wildman–Crippen MR) is 67.0 cm³/mol. The minimum Gasteiger partial charge on any atom is -0.477 e. The lowest BCUT2D eigenvalue weighted by Gasteiger charge is -2.08. The zero-order valence-corrected chi connectivity index (χ0v) is 10.8. The van der Waals surface area contributed by atoms with Crippen molar-refractivity contribution < 1.29 is 19.0 Å². The molecule has 1 N–H and O–H groups in total. The molecule has 98 valence electrons. The van der Waals surface area contributed by atoms with Crippen molar-refractivity contribution in [3.05, 3.63) is 39.4 Å². The van der Waals surface area contributed by atoms with Gasteiger partial charge in [0.1, 0.15) is 5.56 Å². The fourth-order valence-electron chi connectivity index (χ4n) is 1.43. The first-order valence-corrected chi connectivity index (χ1v) is 6.59. The SMILES string of the molecule is CC(C)S(=O)Cc1cccc([N+](=O)[O-])c1C(=O)O. The Labute approximate surface area is 106 Å². The molecule has 0 saturated heterocycles. The van der Waals surface area contributed by atoms with Gasteiger partial charge in [-0.25, -0.2) is 4.79 Å². The highest BCUT2D eigenvalue weighted by Crippen LogP contribution is 2.24. The molecule has 0 fully saturated rings. The summed E-state index contributed by atoms with van der Waals surface area (Å²) in [4.78, 5) is 21.1. The first-order valence-electron chi connectivity index (χ1n) is 5.21. The van der Waals surface area contributed by atoms with Gasteiger partial charge in [0.15, 0.2) is 0 Å². The third-order valence-electron chi connectivity index (χ3n) is 2.36. The van der Waals surface area contributed by atoms with Crippen LogP contribution in [0.4, 0.5) is 5.69 Å². The molecular weight excluding hydrogens is 258 g/mol. The van der Waals surface area contributed by atoms with Crippen LogP contribution in [0.5, 0.6) is 0 Å². The van der Waals surface area contributed by atoms with E-state index in [1.54, 1.807) is 13.8 Å². The molecule has 1 unspecified atom stereocenters. The number of carboxylic acid groups (broad SMARTS) is 1. The van der Waals surface area contributed by atoms with Gasteiger partial charge in [-0.1, -0.05) is 26.0 Å². The Kier molecular flexibility index (Phi) is 4.55. The number of nitrogens with zero attached hydrogens (tertiary/aromatic N) is 1. The van der Waals surface area contributed by atoms with Crippen LogP contribution in [0.25, 0.3) is 0 Å². The van der Waals surface area contributed by atoms with Crippen LogP contribution >= 0.6 is 0 Å². The second-order valence-corrected chi connectivity index (χ2v) is 5.94. The van der Waals surface area contributed by atoms with Gasteiger partial charge in [0.25, 0.3) is 5.69 Å². The zero-order chi connectivity index (χ0) is 13.9. The third-order valence-corrected chi connectivity index (χ3v) is 4.01. The Morgan fingerprint density at radius 2 is 2.11 bits per heavy atom. The van der Waals surface area contributed by atoms with Crippen LogP contribution in [0.15, 0.2) is 18.2 Å². The van der Waals surface area contributed by atoms with E-state index in [-0.39, 0.29) is 22.1 Å². The smallest absolute Gasteiger partial charge is 0.343 e. The van der Waals surface area contributed by atoms with Gasteiger partial charge < -0.3 is 5.11 Å². The molecule has 0 aliphatic rings. The van der Waals surface area contributed by atoms with E-state index in [2.05, 4.69) is 0 Å². The number of carboxylic acids is 1. The van der Waals surface area contributed by atoms with Crippen molar-refractivity contribution in [2.75, 3.05) is 0 Å². The van der Waals surface area contributed by atoms with Crippen molar-refractivity contribution in [1.82, 2.24) is 0 Å². The van der Waals surface area contributed by atoms with Gasteiger partial charge in [-0.15, -0.1) is 0 Å². The lowest BCUT2D eigenvalue weighted by Crippen LogP contribution is -2.13. The first-order chi connectivity index (χ1) is 8.34. The standard InChI is InChI=1S/C11H13NO5S/c1-7(2)18(17)6-8-4-3-5-9(12(15)16)10(8)11(13)14/h3-5,7H,6H2,1-2H3,(H,13,14). The summed E-state index contributed by atoms with van der Waals surface area (Å²) < 4.78 is 11.7. The molecule has 0 aromatic heterocycles. The molecular formula is C11H13NO5S. The minimum atomic E-state index is -1.38. The normalized spacial score (nSPS) is 12.4. The molecule has 0 bridgehead atoms. The lowest BCUT2D eigenvalue weighted by molar-refractivity contribution is -0.385. The summed E-state index contributed by atoms with van der Waals surface area (Å²) in [5, 5.41) is 19.7. The Balaban J connectivity index is 3.27. The molecule has 0 heterocycles. The molecule has 0 saturated carbocycles. The van der Waals surface area contributed by atoms with E-state index in [1.165, 1.54) is 12.1 Å². The summed E-state index contributed by atoms with van der Waals surface area (Å²) in [5.41, 5.74) is -0.624. The number of aromatic carboxylic acids is 1. The van der Waals surface area contributed by atoms with Gasteiger partial charge >= 0.3 is 5.97 Å². The Hall–Kier alpha value is -1.76. The molecule has 1 aromatic carbocycles. The van der Waals surface area contributed by atoms with Crippen molar-refractivity contribution in [3.63, 3.8) is 0 Å². The Bertz CT molecular complexity index is 512. The van der Waals surface area contributed by atoms with Gasteiger partial charge in [-0.2, -0.15) is 0 Å². The molecule has 0 spiro atoms. The van der Waals surface area contributed by atoms with Crippen LogP contribution in [0.1, 0.15) is 29.8 Å². The molecule has 1 aromatic rings. The van der Waals surface area contributed by atoms with Crippen molar-refractivity contribution in [2.45, 2.75) is 24.9 Å². The van der Waals surface area contributed by atoms with Crippen LogP contribution in [-0.4, -0.2) is 25.5 Å². The maximum Gasteiger partial charge on any atom is 0.343 e. The average molecular weight is 271 g/mol. The number of hydrogen-bond donors (Lipinski definition) is 1. The van der Waals surface area contributed by atoms with E-state index in [4.69, 9.17) is 5.11 Å². The van der Waals surface area contributed by atoms with E-state index in [9.17, 15) is 19.1 Å². The summed E-state index contributed by atoms with van der Waals surface area (Å²) >= 11 is 0. The Morgan fingerprint density at radius 1 is 1.50 bits per heavy atom. The summed E-state index contributed by atoms with van der Waals surface area (Å²) in [6.45, 7) is 3.49. The van der Waals surface area contributed by atoms with Crippen molar-refractivity contribution in [3.8, 4) is 0 Å². The maximum absolute atomic E-state index is 11.7. The van der Waals surface area contributed by atoms with E-state index in [0.29, 0.717) is 0 Å². The molecule has 18 heavy (non-hydrogen) atoms. The molecule has 1 rings (SSSR count). The lowest BCUT2D eigenvalue weighted by atomic mass is 10.1. The van der Waals surface area contributed by atoms with Gasteiger partial charge in [0.05, 0.1) is 4.92 Å². The monoisotopic (exact) mass is 271 g/mol. The fourth-order valence-corrected chi connectivity index (χ4v) is 2.31. The van der Waals surface area contributed by atoms with Gasteiger partial charge in [0.2, 0.25) is 0 Å². The van der Waals surface area contributed by atoms with Crippen LogP contribution < -0.4 is 0 Å². The average Bonchev–Trinajstić information content (AvgIpc) is 2.27. The van der Waals surface area contributed by atoms with Crippen molar-refractivity contribution in [2.24, 2.45) is 0 Å². The third kappa shape index (κ3) is 3.13. The molecule has 0 amide bonds. The number of rotatable bonds is 5. The molecule has 0 aliphatic carbocycles. The highest BCUT2D eigenvalue weighted by molar-refractivity contribution is 7.84. The highest BCUT2D eigenvalue weighted by atomic mass is 32.2. The first kappa shape index (κ1) is 14.3. The van der Waals surface area contributed by atoms with Crippen molar-refractivity contribution >= 4 is 22.5 Å². The Morgan fingerprint density at radius 3 is 2.56 bits per heavy atom. The molecule has 1 atom stereocenters. The van der Waals surface area contributed by atoms with Gasteiger partial charge in [-0.3, -0.25) is 14.3 Å². The number of nitro groups is 1. The van der Waals surface area contributed by atoms with Crippen LogP contribution in [0.2, 0.25) is 0 Å². The van der Waals surface area contributed by atoms with Crippen LogP contribution in [0, 0.1) is 10.1 Å². The number of nitro benzene ring substituents is 1. The molecule has 0 radical (unpaired) electrons. The zero-order valence-electron chi connectivity index (χ0n) is 9.95. The second kappa shape index (κ2) is 5.72. The topological polar surface area (TPSA) is 97.5 Å². The number of hydrogen-bond acceptors (Lipinski definition) is 4. The predicted octanol–water partition coefficient (Wildman–Crippen LogP) is 1.95. The van der Waals surface area contributed by atoms with E-state index < -0.39 is 27.4 Å². The summed E-state index contributed by atoms with van der Waals surface area (Å²) in [6.07, 6.45) is 0. The minimum absolute atomic E-state index is 0.000972. The van der Waals surface area contributed by atoms with Gasteiger partial charge in [0, 0.05) is 27.9 Å². The number of carbonyl (C=O) groups is 1. The second-order valence-electron chi connectivity index (χ2n) is 3.95. The van der Waals surface area contributed by atoms with Crippen LogP contribution in [-0.2, 0) is 16.6 Å². The molecule has 0 aliphatic heterocycles. The van der Waals surface area contributed by atoms with Gasteiger partial charge in [-0.05, 0) is 5.56 Å². The quantitative estimate of drug-likeness (QED) is 0.652. The fraction of sp³-hybridized carbons (Fsp3) is 0.364. The van der Waals surface area contributed by atoms with E-state index in [0.717, 1.165) is 6.07 Å². The summed E-state index contributed by atoms with van der Waals surface area (Å²) in [6, 6.07) is 3.99.